The van der Waals surface area contributed by atoms with Crippen LogP contribution in [0.1, 0.15) is 57.6 Å². The molecule has 2 rings (SSSR count). The first kappa shape index (κ1) is 26.3. The van der Waals surface area contributed by atoms with Crippen LogP contribution >= 0.6 is 23.4 Å². The highest BCUT2D eigenvalue weighted by Crippen LogP contribution is 2.22. The van der Waals surface area contributed by atoms with Gasteiger partial charge in [0, 0.05) is 28.9 Å². The molecule has 0 aromatic heterocycles. The van der Waals surface area contributed by atoms with Crippen molar-refractivity contribution in [1.82, 2.24) is 10.2 Å². The Morgan fingerprint density at radius 3 is 2.28 bits per heavy atom. The second kappa shape index (κ2) is 13.5. The molecule has 0 aliphatic carbocycles. The number of hydrogen-bond donors (Lipinski definition) is 1. The quantitative estimate of drug-likeness (QED) is 0.292. The Hall–Kier alpha value is -1.98. The van der Waals surface area contributed by atoms with Gasteiger partial charge in [0.25, 0.3) is 0 Å². The van der Waals surface area contributed by atoms with E-state index in [9.17, 15) is 9.59 Å². The van der Waals surface area contributed by atoms with Crippen molar-refractivity contribution in [2.45, 2.75) is 76.9 Å². The lowest BCUT2D eigenvalue weighted by Crippen LogP contribution is -2.50. The lowest BCUT2D eigenvalue weighted by atomic mass is 10.1. The minimum absolute atomic E-state index is 0.0217. The molecule has 2 aromatic carbocycles. The molecule has 0 aliphatic rings. The highest BCUT2D eigenvalue weighted by atomic mass is 35.5. The fourth-order valence-corrected chi connectivity index (χ4v) is 4.32. The van der Waals surface area contributed by atoms with Gasteiger partial charge < -0.3 is 10.2 Å². The summed E-state index contributed by atoms with van der Waals surface area (Å²) in [5, 5.41) is 3.78. The third-order valence-corrected chi connectivity index (χ3v) is 6.83. The van der Waals surface area contributed by atoms with E-state index >= 15 is 0 Å². The smallest absolute Gasteiger partial charge is 0.243 e. The first-order valence-electron chi connectivity index (χ1n) is 11.4. The lowest BCUT2D eigenvalue weighted by Gasteiger charge is -2.31. The van der Waals surface area contributed by atoms with E-state index in [2.05, 4.69) is 5.32 Å². The molecule has 6 heteroatoms. The fraction of sp³-hybridized carbons (Fsp3) is 0.462. The summed E-state index contributed by atoms with van der Waals surface area (Å²) in [7, 11) is 0. The molecule has 0 saturated carbocycles. The van der Waals surface area contributed by atoms with Gasteiger partial charge in [-0.15, -0.1) is 11.8 Å². The van der Waals surface area contributed by atoms with Crippen molar-refractivity contribution in [3.8, 4) is 0 Å². The van der Waals surface area contributed by atoms with Gasteiger partial charge in [-0.3, -0.25) is 9.59 Å². The van der Waals surface area contributed by atoms with Gasteiger partial charge in [-0.05, 0) is 68.7 Å². The Labute approximate surface area is 202 Å². The van der Waals surface area contributed by atoms with Crippen LogP contribution < -0.4 is 5.32 Å². The second-order valence-electron chi connectivity index (χ2n) is 8.16. The minimum atomic E-state index is -0.471. The molecular weight excluding hydrogens is 440 g/mol. The van der Waals surface area contributed by atoms with Crippen LogP contribution in [-0.4, -0.2) is 34.6 Å². The molecule has 0 radical (unpaired) electrons. The number of rotatable bonds is 12. The summed E-state index contributed by atoms with van der Waals surface area (Å²) in [4.78, 5) is 29.1. The molecule has 2 amide bonds. The van der Waals surface area contributed by atoms with Gasteiger partial charge in [0.1, 0.15) is 6.04 Å². The third-order valence-electron chi connectivity index (χ3n) is 5.48. The average molecular weight is 475 g/mol. The van der Waals surface area contributed by atoms with Gasteiger partial charge in [-0.2, -0.15) is 0 Å². The molecule has 174 valence electrons. The minimum Gasteiger partial charge on any atom is -0.352 e. The number of nitrogens with zero attached hydrogens (tertiary/aromatic N) is 1. The summed E-state index contributed by atoms with van der Waals surface area (Å²) < 4.78 is 0. The lowest BCUT2D eigenvalue weighted by molar-refractivity contribution is -0.141. The fourth-order valence-electron chi connectivity index (χ4n) is 3.34. The first-order valence-corrected chi connectivity index (χ1v) is 12.7. The van der Waals surface area contributed by atoms with Crippen molar-refractivity contribution in [3.63, 3.8) is 0 Å². The van der Waals surface area contributed by atoms with Gasteiger partial charge in [0.05, 0.1) is 0 Å². The van der Waals surface area contributed by atoms with Crippen molar-refractivity contribution >= 4 is 35.2 Å². The van der Waals surface area contributed by atoms with Crippen molar-refractivity contribution in [2.75, 3.05) is 5.75 Å². The van der Waals surface area contributed by atoms with E-state index in [1.165, 1.54) is 5.56 Å². The Morgan fingerprint density at radius 1 is 1.03 bits per heavy atom. The molecule has 0 spiro atoms. The number of hydrogen-bond acceptors (Lipinski definition) is 3. The average Bonchev–Trinajstić information content (AvgIpc) is 2.78. The van der Waals surface area contributed by atoms with Gasteiger partial charge in [0.15, 0.2) is 0 Å². The maximum absolute atomic E-state index is 13.2. The molecule has 1 N–H and O–H groups in total. The van der Waals surface area contributed by atoms with E-state index in [4.69, 9.17) is 11.6 Å². The van der Waals surface area contributed by atoms with Gasteiger partial charge in [-0.1, -0.05) is 55.3 Å². The van der Waals surface area contributed by atoms with E-state index in [-0.39, 0.29) is 17.9 Å². The van der Waals surface area contributed by atoms with Crippen molar-refractivity contribution in [1.29, 1.82) is 0 Å². The summed E-state index contributed by atoms with van der Waals surface area (Å²) >= 11 is 7.65. The predicted molar refractivity (Wildman–Crippen MR) is 135 cm³/mol. The van der Waals surface area contributed by atoms with E-state index in [1.807, 2.05) is 76.2 Å². The molecular formula is C26H35ClN2O2S. The molecule has 0 unspecified atom stereocenters. The third kappa shape index (κ3) is 8.51. The normalized spacial score (nSPS) is 12.8. The number of nitrogens with one attached hydrogen (secondary N) is 1. The standard InChI is InChI=1S/C26H35ClN2O2S/c1-5-20(4)28-26(31)24(6-2)29(18-21-11-9-19(3)10-12-21)25(30)8-7-17-32-23-15-13-22(27)14-16-23/h9-16,20,24H,5-8,17-18H2,1-4H3,(H,28,31)/t20-,24-/m0/s1. The summed E-state index contributed by atoms with van der Waals surface area (Å²) in [5.41, 5.74) is 2.21. The van der Waals surface area contributed by atoms with Crippen LogP contribution in [0.5, 0.6) is 0 Å². The Kier molecular flexibility index (Phi) is 11.1. The van der Waals surface area contributed by atoms with Crippen LogP contribution in [0, 0.1) is 6.92 Å². The van der Waals surface area contributed by atoms with Crippen LogP contribution in [0.15, 0.2) is 53.4 Å². The van der Waals surface area contributed by atoms with Crippen LogP contribution in [0.3, 0.4) is 0 Å². The topological polar surface area (TPSA) is 49.4 Å². The van der Waals surface area contributed by atoms with Crippen molar-refractivity contribution in [2.24, 2.45) is 0 Å². The molecule has 0 aliphatic heterocycles. The zero-order valence-electron chi connectivity index (χ0n) is 19.6. The maximum atomic E-state index is 13.2. The molecule has 2 atom stereocenters. The monoisotopic (exact) mass is 474 g/mol. The second-order valence-corrected chi connectivity index (χ2v) is 9.76. The Balaban J connectivity index is 2.05. The number of benzene rings is 2. The molecule has 2 aromatic rings. The highest BCUT2D eigenvalue weighted by molar-refractivity contribution is 7.99. The number of amides is 2. The summed E-state index contributed by atoms with van der Waals surface area (Å²) in [5.74, 6) is 0.785. The zero-order chi connectivity index (χ0) is 23.5. The molecule has 0 fully saturated rings. The molecule has 0 bridgehead atoms. The molecule has 32 heavy (non-hydrogen) atoms. The van der Waals surface area contributed by atoms with Crippen LogP contribution in [0.2, 0.25) is 5.02 Å². The van der Waals surface area contributed by atoms with E-state index in [1.54, 1.807) is 16.7 Å². The summed E-state index contributed by atoms with van der Waals surface area (Å²) in [6.45, 7) is 8.48. The van der Waals surface area contributed by atoms with E-state index in [0.717, 1.165) is 34.1 Å². The number of halogens is 1. The number of carbonyl (C=O) groups excluding carboxylic acids is 2. The van der Waals surface area contributed by atoms with Gasteiger partial charge >= 0.3 is 0 Å². The van der Waals surface area contributed by atoms with Gasteiger partial charge in [-0.25, -0.2) is 0 Å². The van der Waals surface area contributed by atoms with E-state index in [0.29, 0.717) is 19.4 Å². The molecule has 4 nitrogen and oxygen atoms in total. The summed E-state index contributed by atoms with van der Waals surface area (Å²) in [6.07, 6.45) is 2.61. The largest absolute Gasteiger partial charge is 0.352 e. The van der Waals surface area contributed by atoms with Crippen LogP contribution in [0.25, 0.3) is 0 Å². The number of thioether (sulfide) groups is 1. The molecule has 0 heterocycles. The first-order chi connectivity index (χ1) is 15.3. The Morgan fingerprint density at radius 2 is 1.69 bits per heavy atom. The number of aryl methyl sites for hydroxylation is 1. The molecule has 0 saturated heterocycles. The van der Waals surface area contributed by atoms with Crippen molar-refractivity contribution in [3.05, 3.63) is 64.7 Å². The zero-order valence-corrected chi connectivity index (χ0v) is 21.1. The summed E-state index contributed by atoms with van der Waals surface area (Å²) in [6, 6.07) is 15.5. The predicted octanol–water partition coefficient (Wildman–Crippen LogP) is 6.24. The highest BCUT2D eigenvalue weighted by Gasteiger charge is 2.28. The van der Waals surface area contributed by atoms with Crippen LogP contribution in [0.4, 0.5) is 0 Å². The maximum Gasteiger partial charge on any atom is 0.243 e. The van der Waals surface area contributed by atoms with E-state index < -0.39 is 6.04 Å². The number of carbonyl (C=O) groups is 2. The van der Waals surface area contributed by atoms with Crippen LogP contribution in [-0.2, 0) is 16.1 Å². The SMILES string of the molecule is CC[C@H](C)NC(=O)[C@H](CC)N(Cc1ccc(C)cc1)C(=O)CCCSc1ccc(Cl)cc1. The van der Waals surface area contributed by atoms with Gasteiger partial charge in [0.2, 0.25) is 11.8 Å². The Bertz CT molecular complexity index is 855. The van der Waals surface area contributed by atoms with Crippen molar-refractivity contribution < 1.29 is 9.59 Å².